The third-order valence-corrected chi connectivity index (χ3v) is 3.93. The molecule has 2 heterocycles. The van der Waals surface area contributed by atoms with Crippen molar-refractivity contribution in [2.24, 2.45) is 5.73 Å². The van der Waals surface area contributed by atoms with Gasteiger partial charge in [0.15, 0.2) is 23.1 Å². The summed E-state index contributed by atoms with van der Waals surface area (Å²) in [4.78, 5) is 15.7. The van der Waals surface area contributed by atoms with Crippen molar-refractivity contribution in [3.63, 3.8) is 0 Å². The predicted octanol–water partition coefficient (Wildman–Crippen LogP) is 1.65. The van der Waals surface area contributed by atoms with Gasteiger partial charge in [0.25, 0.3) is 0 Å². The number of primary amides is 1. The largest absolute Gasteiger partial charge is 0.486 e. The molecule has 1 aliphatic rings. The fraction of sp³-hybridized carbons (Fsp3) is 0.211. The van der Waals surface area contributed by atoms with Gasteiger partial charge in [-0.2, -0.15) is 5.10 Å². The Hall–Kier alpha value is -3.55. The van der Waals surface area contributed by atoms with Gasteiger partial charge in [0, 0.05) is 6.07 Å². The lowest BCUT2D eigenvalue weighted by Crippen LogP contribution is -2.16. The highest BCUT2D eigenvalue weighted by Crippen LogP contribution is 2.32. The number of carbonyl (C=O) groups is 1. The highest BCUT2D eigenvalue weighted by Gasteiger charge is 2.17. The van der Waals surface area contributed by atoms with Crippen LogP contribution in [0.4, 0.5) is 0 Å². The van der Waals surface area contributed by atoms with Gasteiger partial charge >= 0.3 is 0 Å². The maximum Gasteiger partial charge on any atom is 0.225 e. The zero-order valence-corrected chi connectivity index (χ0v) is 14.5. The Labute approximate surface area is 155 Å². The molecule has 0 radical (unpaired) electrons. The maximum absolute atomic E-state index is 11.3. The minimum absolute atomic E-state index is 0.0457. The summed E-state index contributed by atoms with van der Waals surface area (Å²) < 4.78 is 18.6. The van der Waals surface area contributed by atoms with Crippen LogP contribution in [0, 0.1) is 0 Å². The molecule has 0 saturated heterocycles. The number of nitrogens with zero attached hydrogens (tertiary/aromatic N) is 3. The summed E-state index contributed by atoms with van der Waals surface area (Å²) in [6, 6.07) is 14.9. The van der Waals surface area contributed by atoms with E-state index in [1.807, 2.05) is 48.5 Å². The van der Waals surface area contributed by atoms with Crippen LogP contribution < -0.4 is 19.9 Å². The van der Waals surface area contributed by atoms with Crippen LogP contribution >= 0.6 is 0 Å². The lowest BCUT2D eigenvalue weighted by Gasteiger charge is -2.19. The first kappa shape index (κ1) is 16.9. The van der Waals surface area contributed by atoms with Crippen molar-refractivity contribution in [2.75, 3.05) is 13.2 Å². The third kappa shape index (κ3) is 3.84. The molecule has 4 rings (SSSR count). The van der Waals surface area contributed by atoms with E-state index < -0.39 is 5.91 Å². The Morgan fingerprint density at radius 3 is 2.67 bits per heavy atom. The molecular formula is C19H18N4O4. The van der Waals surface area contributed by atoms with E-state index in [0.717, 1.165) is 5.69 Å². The lowest BCUT2D eigenvalue weighted by molar-refractivity contribution is -0.117. The summed E-state index contributed by atoms with van der Waals surface area (Å²) in [5.41, 5.74) is 6.01. The molecule has 8 nitrogen and oxygen atoms in total. The topological polar surface area (TPSA) is 101 Å². The SMILES string of the molecule is NC(=O)Cc1nc(COc2ccccc2)n(-c2ccc3c(c2)OCCO3)n1. The summed E-state index contributed by atoms with van der Waals surface area (Å²) in [7, 11) is 0. The Morgan fingerprint density at radius 2 is 1.89 bits per heavy atom. The van der Waals surface area contributed by atoms with E-state index >= 15 is 0 Å². The number of ether oxygens (including phenoxy) is 3. The first-order valence-corrected chi connectivity index (χ1v) is 8.50. The van der Waals surface area contributed by atoms with E-state index in [1.165, 1.54) is 0 Å². The molecule has 3 aromatic rings. The van der Waals surface area contributed by atoms with E-state index in [-0.39, 0.29) is 13.0 Å². The minimum atomic E-state index is -0.496. The van der Waals surface area contributed by atoms with Gasteiger partial charge < -0.3 is 19.9 Å². The van der Waals surface area contributed by atoms with E-state index in [2.05, 4.69) is 10.1 Å². The Bertz CT molecular complexity index is 956. The van der Waals surface area contributed by atoms with Crippen LogP contribution in [0.5, 0.6) is 17.2 Å². The van der Waals surface area contributed by atoms with Crippen LogP contribution in [0.3, 0.4) is 0 Å². The number of hydrogen-bond acceptors (Lipinski definition) is 6. The van der Waals surface area contributed by atoms with Crippen LogP contribution in [0.1, 0.15) is 11.6 Å². The van der Waals surface area contributed by atoms with Crippen LogP contribution in [-0.2, 0) is 17.8 Å². The molecule has 1 amide bonds. The molecule has 0 atom stereocenters. The molecule has 1 aromatic heterocycles. The lowest BCUT2D eigenvalue weighted by atomic mass is 10.2. The number of benzene rings is 2. The number of hydrogen-bond donors (Lipinski definition) is 1. The molecule has 0 fully saturated rings. The molecule has 0 bridgehead atoms. The van der Waals surface area contributed by atoms with Crippen molar-refractivity contribution in [3.05, 3.63) is 60.2 Å². The molecule has 1 aliphatic heterocycles. The predicted molar refractivity (Wildman–Crippen MR) is 96.0 cm³/mol. The van der Waals surface area contributed by atoms with E-state index in [1.54, 1.807) is 4.68 Å². The third-order valence-electron chi connectivity index (χ3n) is 3.93. The molecule has 0 aliphatic carbocycles. The summed E-state index contributed by atoms with van der Waals surface area (Å²) in [6.45, 7) is 1.20. The molecule has 0 unspecified atom stereocenters. The monoisotopic (exact) mass is 366 g/mol. The zero-order valence-electron chi connectivity index (χ0n) is 14.5. The number of para-hydroxylation sites is 1. The second kappa shape index (κ2) is 7.36. The molecular weight excluding hydrogens is 348 g/mol. The summed E-state index contributed by atoms with van der Waals surface area (Å²) in [5.74, 6) is 2.43. The van der Waals surface area contributed by atoms with Gasteiger partial charge in [-0.3, -0.25) is 4.79 Å². The van der Waals surface area contributed by atoms with Gasteiger partial charge in [0.1, 0.15) is 25.6 Å². The van der Waals surface area contributed by atoms with Crippen LogP contribution in [-0.4, -0.2) is 33.9 Å². The minimum Gasteiger partial charge on any atom is -0.486 e. The number of aromatic nitrogens is 3. The number of amides is 1. The molecule has 138 valence electrons. The van der Waals surface area contributed by atoms with Gasteiger partial charge in [-0.05, 0) is 24.3 Å². The molecule has 2 aromatic carbocycles. The number of rotatable bonds is 6. The average Bonchev–Trinajstić information content (AvgIpc) is 3.08. The van der Waals surface area contributed by atoms with Gasteiger partial charge in [-0.15, -0.1) is 0 Å². The second-order valence-electron chi connectivity index (χ2n) is 5.93. The fourth-order valence-electron chi connectivity index (χ4n) is 2.75. The average molecular weight is 366 g/mol. The first-order valence-electron chi connectivity index (χ1n) is 8.50. The number of nitrogens with two attached hydrogens (primary N) is 1. The highest BCUT2D eigenvalue weighted by molar-refractivity contribution is 5.75. The van der Waals surface area contributed by atoms with Gasteiger partial charge in [0.2, 0.25) is 5.91 Å². The van der Waals surface area contributed by atoms with Crippen LogP contribution in [0.15, 0.2) is 48.5 Å². The number of carbonyl (C=O) groups excluding carboxylic acids is 1. The smallest absolute Gasteiger partial charge is 0.225 e. The molecule has 0 spiro atoms. The van der Waals surface area contributed by atoms with E-state index in [9.17, 15) is 4.79 Å². The molecule has 0 saturated carbocycles. The van der Waals surface area contributed by atoms with E-state index in [4.69, 9.17) is 19.9 Å². The van der Waals surface area contributed by atoms with Gasteiger partial charge in [0.05, 0.1) is 12.1 Å². The Balaban J connectivity index is 1.65. The molecule has 8 heteroatoms. The standard InChI is InChI=1S/C19H18N4O4/c20-17(24)11-18-21-19(12-27-14-4-2-1-3-5-14)23(22-18)13-6-7-15-16(10-13)26-9-8-25-15/h1-7,10H,8-9,11-12H2,(H2,20,24). The molecule has 2 N–H and O–H groups in total. The normalized spacial score (nSPS) is 12.6. The Morgan fingerprint density at radius 1 is 1.11 bits per heavy atom. The summed E-state index contributed by atoms with van der Waals surface area (Å²) in [5, 5.41) is 4.41. The Kier molecular flexibility index (Phi) is 4.61. The van der Waals surface area contributed by atoms with Crippen molar-refractivity contribution in [1.82, 2.24) is 14.8 Å². The van der Waals surface area contributed by atoms with Crippen molar-refractivity contribution >= 4 is 5.91 Å². The van der Waals surface area contributed by atoms with Crippen molar-refractivity contribution in [3.8, 4) is 22.9 Å². The summed E-state index contributed by atoms with van der Waals surface area (Å²) in [6.07, 6.45) is -0.0457. The quantitative estimate of drug-likeness (QED) is 0.712. The van der Waals surface area contributed by atoms with Gasteiger partial charge in [-0.25, -0.2) is 9.67 Å². The summed E-state index contributed by atoms with van der Waals surface area (Å²) >= 11 is 0. The van der Waals surface area contributed by atoms with Crippen molar-refractivity contribution in [2.45, 2.75) is 13.0 Å². The fourth-order valence-corrected chi connectivity index (χ4v) is 2.75. The van der Waals surface area contributed by atoms with Gasteiger partial charge in [-0.1, -0.05) is 18.2 Å². The molecule has 27 heavy (non-hydrogen) atoms. The van der Waals surface area contributed by atoms with Crippen molar-refractivity contribution < 1.29 is 19.0 Å². The number of fused-ring (bicyclic) bond motifs is 1. The zero-order chi connectivity index (χ0) is 18.6. The van der Waals surface area contributed by atoms with Crippen LogP contribution in [0.25, 0.3) is 5.69 Å². The highest BCUT2D eigenvalue weighted by atomic mass is 16.6. The first-order chi connectivity index (χ1) is 13.2. The second-order valence-corrected chi connectivity index (χ2v) is 5.93. The van der Waals surface area contributed by atoms with Crippen LogP contribution in [0.2, 0.25) is 0 Å². The van der Waals surface area contributed by atoms with E-state index in [0.29, 0.717) is 42.1 Å². The van der Waals surface area contributed by atoms with Crippen molar-refractivity contribution in [1.29, 1.82) is 0 Å². The maximum atomic E-state index is 11.3.